The highest BCUT2D eigenvalue weighted by atomic mass is 35.5. The summed E-state index contributed by atoms with van der Waals surface area (Å²) in [5, 5.41) is 17.3. The molecule has 0 aliphatic rings. The maximum Gasteiger partial charge on any atom is 0.289 e. The molecular weight excluding hydrogens is 473 g/mol. The molecule has 0 atom stereocenters. The Labute approximate surface area is 196 Å². The lowest BCUT2D eigenvalue weighted by Gasteiger charge is -2.09. The maximum absolute atomic E-state index is 13.3. The molecule has 10 heteroatoms. The van der Waals surface area contributed by atoms with E-state index in [9.17, 15) is 4.79 Å². The minimum absolute atomic E-state index is 0.163. The van der Waals surface area contributed by atoms with Crippen LogP contribution < -0.4 is 0 Å². The van der Waals surface area contributed by atoms with Gasteiger partial charge in [0.25, 0.3) is 11.7 Å². The van der Waals surface area contributed by atoms with Crippen LogP contribution in [-0.4, -0.2) is 30.7 Å². The standard InChI is InChI=1S/C22H12Cl3N5O2/c23-14-6-5-13(16(24)9-14)11-30-17-4-2-1-3-15(17)18(20(30)25)19(31)22-29-28-21(32-22)12-7-8-26-27-10-12/h1-10H,11H2. The monoisotopic (exact) mass is 483 g/mol. The van der Waals surface area contributed by atoms with Crippen LogP contribution in [0.3, 0.4) is 0 Å². The second-order valence-electron chi connectivity index (χ2n) is 6.88. The summed E-state index contributed by atoms with van der Waals surface area (Å²) in [5.41, 5.74) is 2.40. The molecule has 7 nitrogen and oxygen atoms in total. The Kier molecular flexibility index (Phi) is 5.38. The van der Waals surface area contributed by atoms with E-state index in [0.717, 1.165) is 11.1 Å². The van der Waals surface area contributed by atoms with E-state index in [-0.39, 0.29) is 22.5 Å². The van der Waals surface area contributed by atoms with E-state index < -0.39 is 5.78 Å². The van der Waals surface area contributed by atoms with Crippen LogP contribution in [0.25, 0.3) is 22.4 Å². The van der Waals surface area contributed by atoms with Gasteiger partial charge >= 0.3 is 0 Å². The van der Waals surface area contributed by atoms with Crippen LogP contribution in [0.15, 0.2) is 65.3 Å². The largest absolute Gasteiger partial charge is 0.413 e. The molecule has 0 amide bonds. The zero-order valence-corrected chi connectivity index (χ0v) is 18.4. The number of hydrogen-bond donors (Lipinski definition) is 0. The summed E-state index contributed by atoms with van der Waals surface area (Å²) in [6.07, 6.45) is 2.96. The summed E-state index contributed by atoms with van der Waals surface area (Å²) >= 11 is 19.1. The van der Waals surface area contributed by atoms with Gasteiger partial charge in [0, 0.05) is 15.4 Å². The van der Waals surface area contributed by atoms with Crippen molar-refractivity contribution in [3.05, 3.63) is 93.1 Å². The molecular formula is C22H12Cl3N5O2. The zero-order valence-electron chi connectivity index (χ0n) is 16.2. The number of fused-ring (bicyclic) bond motifs is 1. The molecule has 0 aliphatic heterocycles. The maximum atomic E-state index is 13.3. The van der Waals surface area contributed by atoms with Gasteiger partial charge < -0.3 is 8.98 Å². The molecule has 5 aromatic rings. The van der Waals surface area contributed by atoms with Crippen LogP contribution in [0.2, 0.25) is 15.2 Å². The van der Waals surface area contributed by atoms with Crippen LogP contribution in [0, 0.1) is 0 Å². The average Bonchev–Trinajstić information content (AvgIpc) is 3.40. The van der Waals surface area contributed by atoms with Crippen LogP contribution in [0.5, 0.6) is 0 Å². The van der Waals surface area contributed by atoms with Crippen molar-refractivity contribution in [3.8, 4) is 11.5 Å². The molecule has 5 rings (SSSR count). The Hall–Kier alpha value is -3.26. The summed E-state index contributed by atoms with van der Waals surface area (Å²) < 4.78 is 7.42. The molecule has 0 saturated carbocycles. The number of carbonyl (C=O) groups excluding carboxylic acids is 1. The van der Waals surface area contributed by atoms with Crippen LogP contribution in [0.4, 0.5) is 0 Å². The fourth-order valence-corrected chi connectivity index (χ4v) is 4.23. The van der Waals surface area contributed by atoms with Gasteiger partial charge in [0.1, 0.15) is 5.15 Å². The van der Waals surface area contributed by atoms with Crippen molar-refractivity contribution in [2.24, 2.45) is 0 Å². The number of benzene rings is 2. The van der Waals surface area contributed by atoms with E-state index >= 15 is 0 Å². The van der Waals surface area contributed by atoms with Gasteiger partial charge in [-0.15, -0.1) is 10.2 Å². The normalized spacial score (nSPS) is 11.2. The van der Waals surface area contributed by atoms with Gasteiger partial charge in [-0.25, -0.2) is 0 Å². The predicted molar refractivity (Wildman–Crippen MR) is 121 cm³/mol. The van der Waals surface area contributed by atoms with E-state index in [2.05, 4.69) is 20.4 Å². The molecule has 0 radical (unpaired) electrons. The number of nitrogens with zero attached hydrogens (tertiary/aromatic N) is 5. The molecule has 0 unspecified atom stereocenters. The van der Waals surface area contributed by atoms with E-state index in [1.54, 1.807) is 18.2 Å². The lowest BCUT2D eigenvalue weighted by atomic mass is 10.1. The highest BCUT2D eigenvalue weighted by molar-refractivity contribution is 6.37. The van der Waals surface area contributed by atoms with Gasteiger partial charge in [0.2, 0.25) is 5.89 Å². The fourth-order valence-electron chi connectivity index (χ4n) is 3.42. The van der Waals surface area contributed by atoms with Gasteiger partial charge in [-0.2, -0.15) is 10.2 Å². The first-order chi connectivity index (χ1) is 15.5. The molecule has 0 bridgehead atoms. The Morgan fingerprint density at radius 2 is 1.84 bits per heavy atom. The first-order valence-electron chi connectivity index (χ1n) is 9.39. The second kappa shape index (κ2) is 8.35. The molecule has 0 spiro atoms. The van der Waals surface area contributed by atoms with Gasteiger partial charge in [-0.3, -0.25) is 4.79 Å². The van der Waals surface area contributed by atoms with E-state index in [0.29, 0.717) is 27.5 Å². The van der Waals surface area contributed by atoms with Gasteiger partial charge in [-0.05, 0) is 29.8 Å². The summed E-state index contributed by atoms with van der Waals surface area (Å²) in [4.78, 5) is 13.3. The number of halogens is 3. The molecule has 0 fully saturated rings. The summed E-state index contributed by atoms with van der Waals surface area (Å²) in [5.74, 6) is -0.491. The molecule has 2 aromatic carbocycles. The Morgan fingerprint density at radius 3 is 2.62 bits per heavy atom. The Balaban J connectivity index is 1.58. The average molecular weight is 485 g/mol. The molecule has 0 saturated heterocycles. The van der Waals surface area contributed by atoms with Gasteiger partial charge in [0.05, 0.1) is 35.6 Å². The quantitative estimate of drug-likeness (QED) is 0.296. The highest BCUT2D eigenvalue weighted by Crippen LogP contribution is 2.34. The third-order valence-electron chi connectivity index (χ3n) is 4.93. The van der Waals surface area contributed by atoms with E-state index in [1.807, 2.05) is 34.9 Å². The Bertz CT molecular complexity index is 1460. The number of rotatable bonds is 5. The van der Waals surface area contributed by atoms with Crippen molar-refractivity contribution in [2.45, 2.75) is 6.54 Å². The third kappa shape index (κ3) is 3.64. The number of ketones is 1. The molecule has 0 N–H and O–H groups in total. The van der Waals surface area contributed by atoms with E-state index in [1.165, 1.54) is 12.4 Å². The number of hydrogen-bond acceptors (Lipinski definition) is 6. The minimum Gasteiger partial charge on any atom is -0.413 e. The number of aromatic nitrogens is 5. The van der Waals surface area contributed by atoms with Crippen molar-refractivity contribution in [2.75, 3.05) is 0 Å². The van der Waals surface area contributed by atoms with Crippen LogP contribution >= 0.6 is 34.8 Å². The lowest BCUT2D eigenvalue weighted by Crippen LogP contribution is -2.04. The number of para-hydroxylation sites is 1. The van der Waals surface area contributed by atoms with Crippen LogP contribution in [0.1, 0.15) is 21.8 Å². The molecule has 158 valence electrons. The second-order valence-corrected chi connectivity index (χ2v) is 8.08. The number of carbonyl (C=O) groups is 1. The summed E-state index contributed by atoms with van der Waals surface area (Å²) in [7, 11) is 0. The van der Waals surface area contributed by atoms with Crippen molar-refractivity contribution in [1.29, 1.82) is 0 Å². The summed E-state index contributed by atoms with van der Waals surface area (Å²) in [6, 6.07) is 14.3. The fraction of sp³-hybridized carbons (Fsp3) is 0.0455. The molecule has 0 aliphatic carbocycles. The highest BCUT2D eigenvalue weighted by Gasteiger charge is 2.27. The summed E-state index contributed by atoms with van der Waals surface area (Å²) in [6.45, 7) is 0.348. The van der Waals surface area contributed by atoms with Gasteiger partial charge in [-0.1, -0.05) is 59.1 Å². The van der Waals surface area contributed by atoms with Crippen molar-refractivity contribution >= 4 is 51.5 Å². The van der Waals surface area contributed by atoms with Crippen LogP contribution in [-0.2, 0) is 6.54 Å². The molecule has 3 heterocycles. The third-order valence-corrected chi connectivity index (χ3v) is 5.91. The van der Waals surface area contributed by atoms with Crippen molar-refractivity contribution in [3.63, 3.8) is 0 Å². The smallest absolute Gasteiger partial charge is 0.289 e. The topological polar surface area (TPSA) is 86.7 Å². The van der Waals surface area contributed by atoms with Crippen molar-refractivity contribution in [1.82, 2.24) is 25.0 Å². The first kappa shape index (κ1) is 20.6. The van der Waals surface area contributed by atoms with Crippen molar-refractivity contribution < 1.29 is 9.21 Å². The van der Waals surface area contributed by atoms with Gasteiger partial charge in [0.15, 0.2) is 0 Å². The molecule has 32 heavy (non-hydrogen) atoms. The predicted octanol–water partition coefficient (Wildman–Crippen LogP) is 5.72. The lowest BCUT2D eigenvalue weighted by molar-refractivity contribution is 0.100. The zero-order chi connectivity index (χ0) is 22.2. The minimum atomic E-state index is -0.479. The van der Waals surface area contributed by atoms with E-state index in [4.69, 9.17) is 39.2 Å². The SMILES string of the molecule is O=C(c1nnc(-c2ccnnc2)o1)c1c(Cl)n(Cc2ccc(Cl)cc2Cl)c2ccccc12. The first-order valence-corrected chi connectivity index (χ1v) is 10.5. The molecule has 3 aromatic heterocycles. The Morgan fingerprint density at radius 1 is 1.00 bits per heavy atom.